The fraction of sp³-hybridized carbons (Fsp3) is 0.385. The van der Waals surface area contributed by atoms with Gasteiger partial charge in [0, 0.05) is 29.3 Å². The molecule has 1 fully saturated rings. The van der Waals surface area contributed by atoms with Gasteiger partial charge in [0.15, 0.2) is 5.78 Å². The third-order valence-corrected chi connectivity index (χ3v) is 3.22. The van der Waals surface area contributed by atoms with E-state index in [-0.39, 0.29) is 34.5 Å². The predicted molar refractivity (Wildman–Crippen MR) is 62.7 cm³/mol. The molecule has 1 aliphatic carbocycles. The summed E-state index contributed by atoms with van der Waals surface area (Å²) >= 11 is 5.70. The maximum atomic E-state index is 13.1. The Hall–Kier alpha value is -1.22. The largest absolute Gasteiger partial charge is 0.300 e. The van der Waals surface area contributed by atoms with Gasteiger partial charge in [0.1, 0.15) is 11.6 Å². The number of rotatable bonds is 2. The smallest absolute Gasteiger partial charge is 0.166 e. The number of halogens is 2. The molecule has 1 aliphatic rings. The molecule has 1 unspecified atom stereocenters. The summed E-state index contributed by atoms with van der Waals surface area (Å²) in [6.07, 6.45) is 2.25. The number of carbonyl (C=O) groups is 2. The van der Waals surface area contributed by atoms with E-state index in [0.717, 1.165) is 12.5 Å². The van der Waals surface area contributed by atoms with Crippen LogP contribution in [0.4, 0.5) is 4.39 Å². The molecule has 0 N–H and O–H groups in total. The Morgan fingerprint density at radius 2 is 2.12 bits per heavy atom. The van der Waals surface area contributed by atoms with Gasteiger partial charge in [0.2, 0.25) is 0 Å². The van der Waals surface area contributed by atoms with Crippen LogP contribution < -0.4 is 0 Å². The highest BCUT2D eigenvalue weighted by Crippen LogP contribution is 2.26. The van der Waals surface area contributed by atoms with Crippen LogP contribution in [0.1, 0.15) is 36.0 Å². The van der Waals surface area contributed by atoms with Crippen LogP contribution >= 0.6 is 11.6 Å². The van der Waals surface area contributed by atoms with Crippen molar-refractivity contribution in [2.24, 2.45) is 5.92 Å². The molecule has 0 aromatic heterocycles. The average molecular weight is 255 g/mol. The standard InChI is InChI=1S/C13H12ClFO2/c14-10-4-9(5-11(15)7-10)13(17)8-2-1-3-12(16)6-8/h4-5,7-8H,1-3,6H2. The topological polar surface area (TPSA) is 34.1 Å². The minimum absolute atomic E-state index is 0.108. The van der Waals surface area contributed by atoms with Gasteiger partial charge in [-0.2, -0.15) is 0 Å². The van der Waals surface area contributed by atoms with Gasteiger partial charge < -0.3 is 0 Å². The second-order valence-corrected chi connectivity index (χ2v) is 4.79. The lowest BCUT2D eigenvalue weighted by molar-refractivity contribution is -0.121. The number of ketones is 2. The first-order valence-corrected chi connectivity index (χ1v) is 5.96. The van der Waals surface area contributed by atoms with E-state index in [2.05, 4.69) is 0 Å². The Morgan fingerprint density at radius 3 is 2.76 bits per heavy atom. The van der Waals surface area contributed by atoms with Crippen LogP contribution in [0.15, 0.2) is 18.2 Å². The Kier molecular flexibility index (Phi) is 3.57. The molecule has 0 bridgehead atoms. The van der Waals surface area contributed by atoms with E-state index in [1.165, 1.54) is 12.1 Å². The third kappa shape index (κ3) is 2.91. The molecule has 1 saturated carbocycles. The van der Waals surface area contributed by atoms with Crippen molar-refractivity contribution in [3.05, 3.63) is 34.6 Å². The summed E-state index contributed by atoms with van der Waals surface area (Å²) in [6.45, 7) is 0. The van der Waals surface area contributed by atoms with E-state index in [0.29, 0.717) is 12.8 Å². The van der Waals surface area contributed by atoms with E-state index in [9.17, 15) is 14.0 Å². The van der Waals surface area contributed by atoms with E-state index in [4.69, 9.17) is 11.6 Å². The molecular weight excluding hydrogens is 243 g/mol. The van der Waals surface area contributed by atoms with Crippen molar-refractivity contribution in [3.63, 3.8) is 0 Å². The first-order valence-electron chi connectivity index (χ1n) is 5.58. The molecule has 17 heavy (non-hydrogen) atoms. The minimum atomic E-state index is -0.525. The first-order chi connectivity index (χ1) is 8.06. The molecule has 0 aliphatic heterocycles. The lowest BCUT2D eigenvalue weighted by Gasteiger charge is -2.19. The van der Waals surface area contributed by atoms with Gasteiger partial charge in [-0.05, 0) is 31.0 Å². The van der Waals surface area contributed by atoms with Crippen LogP contribution in [-0.4, -0.2) is 11.6 Å². The van der Waals surface area contributed by atoms with Gasteiger partial charge >= 0.3 is 0 Å². The quantitative estimate of drug-likeness (QED) is 0.758. The van der Waals surface area contributed by atoms with Crippen molar-refractivity contribution in [3.8, 4) is 0 Å². The Bertz CT molecular complexity index is 450. The summed E-state index contributed by atoms with van der Waals surface area (Å²) in [5.41, 5.74) is 0.259. The molecular formula is C13H12ClFO2. The van der Waals surface area contributed by atoms with Gasteiger partial charge in [-0.15, -0.1) is 0 Å². The second-order valence-electron chi connectivity index (χ2n) is 4.35. The normalized spacial score (nSPS) is 20.4. The van der Waals surface area contributed by atoms with Crippen LogP contribution in [0.5, 0.6) is 0 Å². The van der Waals surface area contributed by atoms with Gasteiger partial charge in [-0.3, -0.25) is 9.59 Å². The Balaban J connectivity index is 2.21. The van der Waals surface area contributed by atoms with Crippen LogP contribution in [-0.2, 0) is 4.79 Å². The lowest BCUT2D eigenvalue weighted by atomic mass is 9.83. The molecule has 0 spiro atoms. The summed E-state index contributed by atoms with van der Waals surface area (Å²) in [4.78, 5) is 23.4. The van der Waals surface area contributed by atoms with Crippen molar-refractivity contribution in [1.82, 2.24) is 0 Å². The van der Waals surface area contributed by atoms with Crippen molar-refractivity contribution >= 4 is 23.2 Å². The molecule has 4 heteroatoms. The highest BCUT2D eigenvalue weighted by molar-refractivity contribution is 6.31. The summed E-state index contributed by atoms with van der Waals surface area (Å²) in [5.74, 6) is -0.909. The van der Waals surface area contributed by atoms with Crippen LogP contribution in [0, 0.1) is 11.7 Å². The van der Waals surface area contributed by atoms with Gasteiger partial charge in [-0.1, -0.05) is 11.6 Å². The summed E-state index contributed by atoms with van der Waals surface area (Å²) in [6, 6.07) is 3.78. The molecule has 0 radical (unpaired) electrons. The molecule has 2 rings (SSSR count). The number of benzene rings is 1. The minimum Gasteiger partial charge on any atom is -0.300 e. The number of Topliss-reactive ketones (excluding diaryl/α,β-unsaturated/α-hetero) is 2. The monoisotopic (exact) mass is 254 g/mol. The van der Waals surface area contributed by atoms with Crippen molar-refractivity contribution in [2.75, 3.05) is 0 Å². The Morgan fingerprint density at radius 1 is 1.35 bits per heavy atom. The van der Waals surface area contributed by atoms with Gasteiger partial charge in [0.25, 0.3) is 0 Å². The molecule has 1 atom stereocenters. The van der Waals surface area contributed by atoms with Gasteiger partial charge in [0.05, 0.1) is 0 Å². The Labute approximate surface area is 104 Å². The maximum absolute atomic E-state index is 13.1. The van der Waals surface area contributed by atoms with Crippen LogP contribution in [0.2, 0.25) is 5.02 Å². The molecule has 0 saturated heterocycles. The lowest BCUT2D eigenvalue weighted by Crippen LogP contribution is -2.23. The van der Waals surface area contributed by atoms with Crippen LogP contribution in [0.25, 0.3) is 0 Å². The van der Waals surface area contributed by atoms with Crippen molar-refractivity contribution in [1.29, 1.82) is 0 Å². The highest BCUT2D eigenvalue weighted by Gasteiger charge is 2.26. The maximum Gasteiger partial charge on any atom is 0.166 e. The third-order valence-electron chi connectivity index (χ3n) is 3.00. The summed E-state index contributed by atoms with van der Waals surface area (Å²) < 4.78 is 13.1. The zero-order chi connectivity index (χ0) is 12.4. The molecule has 1 aromatic carbocycles. The van der Waals surface area contributed by atoms with E-state index >= 15 is 0 Å². The number of hydrogen-bond acceptors (Lipinski definition) is 2. The van der Waals surface area contributed by atoms with Crippen molar-refractivity contribution < 1.29 is 14.0 Å². The predicted octanol–water partition coefficient (Wildman–Crippen LogP) is 3.42. The molecule has 2 nitrogen and oxygen atoms in total. The number of hydrogen-bond donors (Lipinski definition) is 0. The molecule has 0 heterocycles. The van der Waals surface area contributed by atoms with E-state index in [1.54, 1.807) is 0 Å². The zero-order valence-electron chi connectivity index (χ0n) is 9.21. The fourth-order valence-corrected chi connectivity index (χ4v) is 2.40. The molecule has 1 aromatic rings. The van der Waals surface area contributed by atoms with Gasteiger partial charge in [-0.25, -0.2) is 4.39 Å². The number of carbonyl (C=O) groups excluding carboxylic acids is 2. The zero-order valence-corrected chi connectivity index (χ0v) is 9.97. The summed E-state index contributed by atoms with van der Waals surface area (Å²) in [5, 5.41) is 0.204. The van der Waals surface area contributed by atoms with E-state index in [1.807, 2.05) is 0 Å². The molecule has 90 valence electrons. The molecule has 0 amide bonds. The average Bonchev–Trinajstić information content (AvgIpc) is 2.26. The van der Waals surface area contributed by atoms with Crippen LogP contribution in [0.3, 0.4) is 0 Å². The highest BCUT2D eigenvalue weighted by atomic mass is 35.5. The van der Waals surface area contributed by atoms with Crippen molar-refractivity contribution in [2.45, 2.75) is 25.7 Å². The summed E-state index contributed by atoms with van der Waals surface area (Å²) in [7, 11) is 0. The SMILES string of the molecule is O=C1CCCC(C(=O)c2cc(F)cc(Cl)c2)C1. The first kappa shape index (κ1) is 12.2. The second kappa shape index (κ2) is 4.96. The fourth-order valence-electron chi connectivity index (χ4n) is 2.18. The van der Waals surface area contributed by atoms with E-state index < -0.39 is 5.82 Å².